The fraction of sp³-hybridized carbons (Fsp3) is 0.462. The normalized spacial score (nSPS) is 19.3. The minimum absolute atomic E-state index is 0.00589. The van der Waals surface area contributed by atoms with E-state index in [1.807, 2.05) is 6.92 Å². The SMILES string of the molecule is Cc1ccc(C(=O)N2CCNC[C@H]2C)cc1[N+](=O)[O-]. The molecule has 1 fully saturated rings. The van der Waals surface area contributed by atoms with Gasteiger partial charge in [-0.15, -0.1) is 0 Å². The predicted molar refractivity (Wildman–Crippen MR) is 71.2 cm³/mol. The number of piperazine rings is 1. The van der Waals surface area contributed by atoms with Crippen molar-refractivity contribution in [3.05, 3.63) is 39.4 Å². The highest BCUT2D eigenvalue weighted by Crippen LogP contribution is 2.21. The van der Waals surface area contributed by atoms with Crippen LogP contribution in [0.4, 0.5) is 5.69 Å². The molecular weight excluding hydrogens is 246 g/mol. The van der Waals surface area contributed by atoms with Gasteiger partial charge < -0.3 is 10.2 Å². The van der Waals surface area contributed by atoms with Crippen molar-refractivity contribution < 1.29 is 9.72 Å². The molecule has 1 N–H and O–H groups in total. The highest BCUT2D eigenvalue weighted by molar-refractivity contribution is 5.95. The van der Waals surface area contributed by atoms with Crippen LogP contribution in [0, 0.1) is 17.0 Å². The molecule has 1 aromatic rings. The first kappa shape index (κ1) is 13.5. The van der Waals surface area contributed by atoms with Gasteiger partial charge in [-0.05, 0) is 19.9 Å². The van der Waals surface area contributed by atoms with Gasteiger partial charge in [-0.1, -0.05) is 6.07 Å². The summed E-state index contributed by atoms with van der Waals surface area (Å²) in [6.07, 6.45) is 0. The van der Waals surface area contributed by atoms with E-state index in [2.05, 4.69) is 5.32 Å². The molecule has 1 aliphatic rings. The summed E-state index contributed by atoms with van der Waals surface area (Å²) in [5.74, 6) is -0.142. The van der Waals surface area contributed by atoms with Gasteiger partial charge in [0.05, 0.1) is 4.92 Å². The first-order chi connectivity index (χ1) is 9.00. The van der Waals surface area contributed by atoms with E-state index in [9.17, 15) is 14.9 Å². The smallest absolute Gasteiger partial charge is 0.273 e. The molecule has 0 radical (unpaired) electrons. The van der Waals surface area contributed by atoms with E-state index in [1.54, 1.807) is 24.0 Å². The van der Waals surface area contributed by atoms with Crippen LogP contribution in [-0.4, -0.2) is 41.4 Å². The molecule has 1 saturated heterocycles. The molecule has 1 aliphatic heterocycles. The van der Waals surface area contributed by atoms with E-state index in [-0.39, 0.29) is 17.6 Å². The lowest BCUT2D eigenvalue weighted by atomic mass is 10.1. The number of benzene rings is 1. The monoisotopic (exact) mass is 263 g/mol. The fourth-order valence-electron chi connectivity index (χ4n) is 2.25. The summed E-state index contributed by atoms with van der Waals surface area (Å²) in [6, 6.07) is 4.74. The van der Waals surface area contributed by atoms with Crippen LogP contribution in [0.2, 0.25) is 0 Å². The van der Waals surface area contributed by atoms with Crippen molar-refractivity contribution in [3.8, 4) is 0 Å². The number of nitrogens with one attached hydrogen (secondary N) is 1. The third kappa shape index (κ3) is 2.73. The van der Waals surface area contributed by atoms with Gasteiger partial charge in [0.15, 0.2) is 0 Å². The third-order valence-electron chi connectivity index (χ3n) is 3.41. The minimum Gasteiger partial charge on any atom is -0.333 e. The van der Waals surface area contributed by atoms with Gasteiger partial charge in [0.2, 0.25) is 0 Å². The molecule has 1 atom stereocenters. The molecule has 0 saturated carbocycles. The number of hydrogen-bond acceptors (Lipinski definition) is 4. The summed E-state index contributed by atoms with van der Waals surface area (Å²) in [6.45, 7) is 5.76. The first-order valence-electron chi connectivity index (χ1n) is 6.27. The molecule has 0 unspecified atom stereocenters. The highest BCUT2D eigenvalue weighted by Gasteiger charge is 2.25. The summed E-state index contributed by atoms with van der Waals surface area (Å²) in [5, 5.41) is 14.1. The van der Waals surface area contributed by atoms with Crippen molar-refractivity contribution in [2.75, 3.05) is 19.6 Å². The lowest BCUT2D eigenvalue weighted by molar-refractivity contribution is -0.385. The Morgan fingerprint density at radius 2 is 2.26 bits per heavy atom. The Morgan fingerprint density at radius 3 is 2.89 bits per heavy atom. The van der Waals surface area contributed by atoms with Gasteiger partial charge in [-0.3, -0.25) is 14.9 Å². The molecule has 102 valence electrons. The van der Waals surface area contributed by atoms with E-state index in [4.69, 9.17) is 0 Å². The van der Waals surface area contributed by atoms with Crippen LogP contribution in [0.5, 0.6) is 0 Å². The van der Waals surface area contributed by atoms with Crippen LogP contribution in [0.15, 0.2) is 18.2 Å². The van der Waals surface area contributed by atoms with E-state index < -0.39 is 4.92 Å². The van der Waals surface area contributed by atoms with Crippen LogP contribution in [0.1, 0.15) is 22.8 Å². The second-order valence-corrected chi connectivity index (χ2v) is 4.81. The van der Waals surface area contributed by atoms with E-state index >= 15 is 0 Å². The number of amides is 1. The Balaban J connectivity index is 2.28. The predicted octanol–water partition coefficient (Wildman–Crippen LogP) is 1.34. The van der Waals surface area contributed by atoms with Crippen molar-refractivity contribution >= 4 is 11.6 Å². The van der Waals surface area contributed by atoms with Gasteiger partial charge in [0, 0.05) is 42.9 Å². The zero-order valence-corrected chi connectivity index (χ0v) is 11.0. The molecule has 0 spiro atoms. The Hall–Kier alpha value is -1.95. The van der Waals surface area contributed by atoms with Gasteiger partial charge in [0.1, 0.15) is 0 Å². The Morgan fingerprint density at radius 1 is 1.53 bits per heavy atom. The van der Waals surface area contributed by atoms with Crippen molar-refractivity contribution in [1.82, 2.24) is 10.2 Å². The highest BCUT2D eigenvalue weighted by atomic mass is 16.6. The Labute approximate surface area is 111 Å². The maximum Gasteiger partial charge on any atom is 0.273 e. The van der Waals surface area contributed by atoms with Crippen LogP contribution in [0.25, 0.3) is 0 Å². The largest absolute Gasteiger partial charge is 0.333 e. The molecule has 6 nitrogen and oxygen atoms in total. The zero-order chi connectivity index (χ0) is 14.0. The molecule has 19 heavy (non-hydrogen) atoms. The maximum atomic E-state index is 12.4. The third-order valence-corrected chi connectivity index (χ3v) is 3.41. The molecule has 0 aliphatic carbocycles. The summed E-state index contributed by atoms with van der Waals surface area (Å²) in [7, 11) is 0. The molecule has 2 rings (SSSR count). The van der Waals surface area contributed by atoms with Crippen molar-refractivity contribution in [3.63, 3.8) is 0 Å². The number of nitro groups is 1. The van der Waals surface area contributed by atoms with E-state index in [0.29, 0.717) is 17.7 Å². The summed E-state index contributed by atoms with van der Waals surface area (Å²) in [5.41, 5.74) is 0.939. The first-order valence-corrected chi connectivity index (χ1v) is 6.27. The Kier molecular flexibility index (Phi) is 3.80. The fourth-order valence-corrected chi connectivity index (χ4v) is 2.25. The van der Waals surface area contributed by atoms with Crippen molar-refractivity contribution in [2.24, 2.45) is 0 Å². The average molecular weight is 263 g/mol. The molecule has 0 aromatic heterocycles. The topological polar surface area (TPSA) is 75.5 Å². The average Bonchev–Trinajstić information content (AvgIpc) is 2.38. The van der Waals surface area contributed by atoms with Crippen LogP contribution in [-0.2, 0) is 0 Å². The van der Waals surface area contributed by atoms with Crippen LogP contribution < -0.4 is 5.32 Å². The lowest BCUT2D eigenvalue weighted by Gasteiger charge is -2.34. The van der Waals surface area contributed by atoms with Crippen LogP contribution in [0.3, 0.4) is 0 Å². The molecule has 1 amide bonds. The number of carbonyl (C=O) groups excluding carboxylic acids is 1. The molecular formula is C13H17N3O3. The number of rotatable bonds is 2. The van der Waals surface area contributed by atoms with E-state index in [1.165, 1.54) is 6.07 Å². The number of nitrogens with zero attached hydrogens (tertiary/aromatic N) is 2. The van der Waals surface area contributed by atoms with Crippen LogP contribution >= 0.6 is 0 Å². The number of carbonyl (C=O) groups is 1. The minimum atomic E-state index is -0.451. The molecule has 1 heterocycles. The van der Waals surface area contributed by atoms with E-state index in [0.717, 1.165) is 13.1 Å². The van der Waals surface area contributed by atoms with Gasteiger partial charge in [-0.2, -0.15) is 0 Å². The molecule has 1 aromatic carbocycles. The lowest BCUT2D eigenvalue weighted by Crippen LogP contribution is -2.52. The van der Waals surface area contributed by atoms with Crippen molar-refractivity contribution in [2.45, 2.75) is 19.9 Å². The summed E-state index contributed by atoms with van der Waals surface area (Å²) < 4.78 is 0. The Bertz CT molecular complexity index is 516. The summed E-state index contributed by atoms with van der Waals surface area (Å²) in [4.78, 5) is 24.6. The second-order valence-electron chi connectivity index (χ2n) is 4.81. The van der Waals surface area contributed by atoms with Gasteiger partial charge in [0.25, 0.3) is 11.6 Å². The standard InChI is InChI=1S/C13H17N3O3/c1-9-3-4-11(7-12(9)16(18)19)13(17)15-6-5-14-8-10(15)2/h3-4,7,10,14H,5-6,8H2,1-2H3/t10-/m1/s1. The molecule has 6 heteroatoms. The van der Waals surface area contributed by atoms with Gasteiger partial charge in [-0.25, -0.2) is 0 Å². The molecule has 0 bridgehead atoms. The van der Waals surface area contributed by atoms with Crippen molar-refractivity contribution in [1.29, 1.82) is 0 Å². The maximum absolute atomic E-state index is 12.4. The number of aryl methyl sites for hydroxylation is 1. The quantitative estimate of drug-likeness (QED) is 0.645. The van der Waals surface area contributed by atoms with Gasteiger partial charge >= 0.3 is 0 Å². The number of hydrogen-bond donors (Lipinski definition) is 1. The second kappa shape index (κ2) is 5.36. The number of nitro benzene ring substituents is 1. The summed E-state index contributed by atoms with van der Waals surface area (Å²) >= 11 is 0. The zero-order valence-electron chi connectivity index (χ0n) is 11.0.